The van der Waals surface area contributed by atoms with Gasteiger partial charge in [0.1, 0.15) is 5.78 Å². The summed E-state index contributed by atoms with van der Waals surface area (Å²) in [5.74, 6) is -0.340. The molecule has 0 saturated carbocycles. The normalized spacial score (nSPS) is 10.9. The molecular weight excluding hydrogens is 144 g/mol. The van der Waals surface area contributed by atoms with E-state index in [1.165, 1.54) is 14.0 Å². The number of carbonyl (C=O) groups is 2. The molecule has 0 aromatic carbocycles. The molecule has 0 radical (unpaired) electrons. The van der Waals surface area contributed by atoms with Crippen LogP contribution in [0.4, 0.5) is 0 Å². The number of ether oxygens (including phenoxy) is 1. The minimum Gasteiger partial charge on any atom is -0.469 e. The Morgan fingerprint density at radius 1 is 1.36 bits per heavy atom. The van der Waals surface area contributed by atoms with Gasteiger partial charge in [0, 0.05) is 5.41 Å². The molecular formula is C8H14O3. The topological polar surface area (TPSA) is 43.4 Å². The molecule has 0 unspecified atom stereocenters. The van der Waals surface area contributed by atoms with Crippen LogP contribution in [0.25, 0.3) is 0 Å². The van der Waals surface area contributed by atoms with Gasteiger partial charge in [0.15, 0.2) is 0 Å². The van der Waals surface area contributed by atoms with Crippen molar-refractivity contribution in [1.29, 1.82) is 0 Å². The van der Waals surface area contributed by atoms with E-state index in [0.717, 1.165) is 0 Å². The molecule has 0 aliphatic heterocycles. The average Bonchev–Trinajstić information content (AvgIpc) is 1.86. The van der Waals surface area contributed by atoms with Crippen molar-refractivity contribution in [2.24, 2.45) is 5.41 Å². The SMILES string of the molecule is COC(=O)CC(C)(C)C(C)=O. The van der Waals surface area contributed by atoms with Gasteiger partial charge in [0.2, 0.25) is 0 Å². The monoisotopic (exact) mass is 158 g/mol. The fourth-order valence-electron chi connectivity index (χ4n) is 0.557. The minimum atomic E-state index is -0.590. The highest BCUT2D eigenvalue weighted by molar-refractivity contribution is 5.86. The van der Waals surface area contributed by atoms with Gasteiger partial charge in [-0.05, 0) is 6.92 Å². The molecule has 11 heavy (non-hydrogen) atoms. The lowest BCUT2D eigenvalue weighted by atomic mass is 9.85. The second-order valence-electron chi connectivity index (χ2n) is 3.19. The molecule has 0 spiro atoms. The van der Waals surface area contributed by atoms with Crippen molar-refractivity contribution >= 4 is 11.8 Å². The van der Waals surface area contributed by atoms with E-state index in [4.69, 9.17) is 0 Å². The average molecular weight is 158 g/mol. The van der Waals surface area contributed by atoms with E-state index in [-0.39, 0.29) is 18.2 Å². The van der Waals surface area contributed by atoms with Crippen LogP contribution in [0, 0.1) is 5.41 Å². The summed E-state index contributed by atoms with van der Waals surface area (Å²) in [5.41, 5.74) is -0.590. The third-order valence-corrected chi connectivity index (χ3v) is 1.77. The van der Waals surface area contributed by atoms with Crippen molar-refractivity contribution in [3.63, 3.8) is 0 Å². The van der Waals surface area contributed by atoms with Gasteiger partial charge in [0.05, 0.1) is 13.5 Å². The number of ketones is 1. The van der Waals surface area contributed by atoms with E-state index < -0.39 is 5.41 Å². The number of Topliss-reactive ketones (excluding diaryl/α,β-unsaturated/α-hetero) is 1. The number of hydrogen-bond acceptors (Lipinski definition) is 3. The van der Waals surface area contributed by atoms with Gasteiger partial charge >= 0.3 is 5.97 Å². The first-order valence-corrected chi connectivity index (χ1v) is 3.48. The lowest BCUT2D eigenvalue weighted by Gasteiger charge is -2.18. The zero-order valence-corrected chi connectivity index (χ0v) is 7.43. The van der Waals surface area contributed by atoms with Crippen molar-refractivity contribution in [2.75, 3.05) is 7.11 Å². The Kier molecular flexibility index (Phi) is 3.23. The highest BCUT2D eigenvalue weighted by atomic mass is 16.5. The minimum absolute atomic E-state index is 0.00269. The summed E-state index contributed by atoms with van der Waals surface area (Å²) in [5, 5.41) is 0. The van der Waals surface area contributed by atoms with Crippen LogP contribution in [-0.4, -0.2) is 18.9 Å². The van der Waals surface area contributed by atoms with Crippen LogP contribution in [0.15, 0.2) is 0 Å². The van der Waals surface area contributed by atoms with E-state index in [1.54, 1.807) is 13.8 Å². The Morgan fingerprint density at radius 3 is 2.09 bits per heavy atom. The van der Waals surface area contributed by atoms with E-state index in [1.807, 2.05) is 0 Å². The molecule has 0 N–H and O–H groups in total. The molecule has 0 rings (SSSR count). The van der Waals surface area contributed by atoms with Crippen molar-refractivity contribution in [3.05, 3.63) is 0 Å². The van der Waals surface area contributed by atoms with Gasteiger partial charge in [-0.25, -0.2) is 0 Å². The smallest absolute Gasteiger partial charge is 0.306 e. The van der Waals surface area contributed by atoms with Gasteiger partial charge in [-0.15, -0.1) is 0 Å². The molecule has 0 aliphatic rings. The summed E-state index contributed by atoms with van der Waals surface area (Å²) in [6.07, 6.45) is 0.152. The molecule has 0 amide bonds. The molecule has 0 bridgehead atoms. The predicted octanol–water partition coefficient (Wildman–Crippen LogP) is 1.16. The maximum absolute atomic E-state index is 10.9. The van der Waals surface area contributed by atoms with Gasteiger partial charge in [-0.3, -0.25) is 9.59 Å². The first kappa shape index (κ1) is 10.1. The standard InChI is InChI=1S/C8H14O3/c1-6(9)8(2,3)5-7(10)11-4/h5H2,1-4H3. The lowest BCUT2D eigenvalue weighted by molar-refractivity contribution is -0.145. The van der Waals surface area contributed by atoms with Crippen LogP contribution in [0.1, 0.15) is 27.2 Å². The molecule has 0 aromatic heterocycles. The quantitative estimate of drug-likeness (QED) is 0.579. The second-order valence-corrected chi connectivity index (χ2v) is 3.19. The Labute approximate surface area is 66.7 Å². The zero-order chi connectivity index (χ0) is 9.07. The van der Waals surface area contributed by atoms with Crippen LogP contribution in [0.3, 0.4) is 0 Å². The van der Waals surface area contributed by atoms with Crippen molar-refractivity contribution in [3.8, 4) is 0 Å². The number of carbonyl (C=O) groups excluding carboxylic acids is 2. The van der Waals surface area contributed by atoms with Gasteiger partial charge in [-0.2, -0.15) is 0 Å². The fourth-order valence-corrected chi connectivity index (χ4v) is 0.557. The van der Waals surface area contributed by atoms with E-state index in [9.17, 15) is 9.59 Å². The number of rotatable bonds is 3. The highest BCUT2D eigenvalue weighted by Gasteiger charge is 2.27. The van der Waals surface area contributed by atoms with Crippen LogP contribution >= 0.6 is 0 Å². The van der Waals surface area contributed by atoms with E-state index >= 15 is 0 Å². The van der Waals surface area contributed by atoms with Crippen molar-refractivity contribution in [1.82, 2.24) is 0 Å². The van der Waals surface area contributed by atoms with Crippen LogP contribution in [0.5, 0.6) is 0 Å². The predicted molar refractivity (Wildman–Crippen MR) is 41.1 cm³/mol. The summed E-state index contributed by atoms with van der Waals surface area (Å²) in [7, 11) is 1.32. The number of methoxy groups -OCH3 is 1. The maximum Gasteiger partial charge on any atom is 0.306 e. The Hall–Kier alpha value is -0.860. The van der Waals surface area contributed by atoms with Crippen molar-refractivity contribution in [2.45, 2.75) is 27.2 Å². The van der Waals surface area contributed by atoms with Gasteiger partial charge in [-0.1, -0.05) is 13.8 Å². The Morgan fingerprint density at radius 2 is 1.82 bits per heavy atom. The first-order chi connectivity index (χ1) is 4.90. The first-order valence-electron chi connectivity index (χ1n) is 3.48. The third-order valence-electron chi connectivity index (χ3n) is 1.77. The summed E-state index contributed by atoms with van der Waals surface area (Å²) in [4.78, 5) is 21.7. The molecule has 3 heteroatoms. The second kappa shape index (κ2) is 3.51. The fraction of sp³-hybridized carbons (Fsp3) is 0.750. The molecule has 0 atom stereocenters. The van der Waals surface area contributed by atoms with E-state index in [2.05, 4.69) is 4.74 Å². The van der Waals surface area contributed by atoms with Crippen LogP contribution in [0.2, 0.25) is 0 Å². The summed E-state index contributed by atoms with van der Waals surface area (Å²) in [6.45, 7) is 4.93. The van der Waals surface area contributed by atoms with Crippen LogP contribution < -0.4 is 0 Å². The molecule has 64 valence electrons. The molecule has 3 nitrogen and oxygen atoms in total. The molecule has 0 fully saturated rings. The number of esters is 1. The molecule has 0 saturated heterocycles. The third kappa shape index (κ3) is 3.16. The maximum atomic E-state index is 10.9. The molecule has 0 heterocycles. The lowest BCUT2D eigenvalue weighted by Crippen LogP contribution is -2.25. The van der Waals surface area contributed by atoms with Gasteiger partial charge < -0.3 is 4.74 Å². The number of hydrogen-bond donors (Lipinski definition) is 0. The summed E-state index contributed by atoms with van der Waals surface area (Å²) >= 11 is 0. The summed E-state index contributed by atoms with van der Waals surface area (Å²) in [6, 6.07) is 0. The summed E-state index contributed by atoms with van der Waals surface area (Å²) < 4.78 is 4.45. The highest BCUT2D eigenvalue weighted by Crippen LogP contribution is 2.21. The Balaban J connectivity index is 4.12. The Bertz CT molecular complexity index is 170. The molecule has 0 aromatic rings. The van der Waals surface area contributed by atoms with E-state index in [0.29, 0.717) is 0 Å². The largest absolute Gasteiger partial charge is 0.469 e. The zero-order valence-electron chi connectivity index (χ0n) is 7.43. The van der Waals surface area contributed by atoms with Crippen molar-refractivity contribution < 1.29 is 14.3 Å². The molecule has 0 aliphatic carbocycles. The van der Waals surface area contributed by atoms with Gasteiger partial charge in [0.25, 0.3) is 0 Å². The van der Waals surface area contributed by atoms with Crippen LogP contribution in [-0.2, 0) is 14.3 Å².